The Balaban J connectivity index is 2.29. The highest BCUT2D eigenvalue weighted by Crippen LogP contribution is 2.36. The first kappa shape index (κ1) is 16.0. The number of rotatable bonds is 3. The summed E-state index contributed by atoms with van der Waals surface area (Å²) in [7, 11) is 1.47. The van der Waals surface area contributed by atoms with Crippen LogP contribution in [0.25, 0.3) is 0 Å². The molecule has 0 radical (unpaired) electrons. The SMILES string of the molecule is O=C1CC(CS(=O)(=O)Cl)CN1c1c(F)cc(Br)cc1Cl. The molecule has 1 atom stereocenters. The van der Waals surface area contributed by atoms with Crippen LogP contribution in [0.2, 0.25) is 5.02 Å². The summed E-state index contributed by atoms with van der Waals surface area (Å²) in [6.45, 7) is 0.0725. The summed E-state index contributed by atoms with van der Waals surface area (Å²) in [5.74, 6) is -1.82. The van der Waals surface area contributed by atoms with Crippen molar-refractivity contribution in [1.82, 2.24) is 0 Å². The molecule has 0 aliphatic carbocycles. The number of halogens is 4. The van der Waals surface area contributed by atoms with Crippen LogP contribution in [0.5, 0.6) is 0 Å². The van der Waals surface area contributed by atoms with E-state index >= 15 is 0 Å². The fourth-order valence-electron chi connectivity index (χ4n) is 2.18. The lowest BCUT2D eigenvalue weighted by Crippen LogP contribution is -2.26. The molecule has 1 aromatic rings. The van der Waals surface area contributed by atoms with Crippen LogP contribution in [0, 0.1) is 11.7 Å². The van der Waals surface area contributed by atoms with Crippen molar-refractivity contribution in [3.63, 3.8) is 0 Å². The van der Waals surface area contributed by atoms with Crippen LogP contribution in [0.15, 0.2) is 16.6 Å². The molecule has 4 nitrogen and oxygen atoms in total. The molecule has 1 aromatic carbocycles. The molecule has 1 amide bonds. The number of nitrogens with zero attached hydrogens (tertiary/aromatic N) is 1. The highest BCUT2D eigenvalue weighted by molar-refractivity contribution is 9.10. The van der Waals surface area contributed by atoms with Crippen LogP contribution < -0.4 is 4.90 Å². The molecule has 0 saturated carbocycles. The summed E-state index contributed by atoms with van der Waals surface area (Å²) in [5.41, 5.74) is -0.0330. The highest BCUT2D eigenvalue weighted by Gasteiger charge is 2.35. The van der Waals surface area contributed by atoms with Gasteiger partial charge in [-0.05, 0) is 12.1 Å². The molecule has 0 bridgehead atoms. The van der Waals surface area contributed by atoms with Crippen molar-refractivity contribution in [1.29, 1.82) is 0 Å². The first-order valence-corrected chi connectivity index (χ1v) is 9.19. The van der Waals surface area contributed by atoms with Crippen molar-refractivity contribution in [2.75, 3.05) is 17.2 Å². The number of amides is 1. The minimum atomic E-state index is -3.70. The fourth-order valence-corrected chi connectivity index (χ4v) is 4.38. The van der Waals surface area contributed by atoms with Gasteiger partial charge in [-0.3, -0.25) is 4.79 Å². The summed E-state index contributed by atoms with van der Waals surface area (Å²) >= 11 is 9.05. The largest absolute Gasteiger partial charge is 0.308 e. The predicted octanol–water partition coefficient (Wildman–Crippen LogP) is 3.16. The molecule has 110 valence electrons. The van der Waals surface area contributed by atoms with Gasteiger partial charge in [-0.25, -0.2) is 12.8 Å². The van der Waals surface area contributed by atoms with Gasteiger partial charge in [0.05, 0.1) is 16.5 Å². The molecule has 1 aliphatic rings. The van der Waals surface area contributed by atoms with Crippen LogP contribution >= 0.6 is 38.2 Å². The molecule has 1 heterocycles. The van der Waals surface area contributed by atoms with Crippen LogP contribution in [0.3, 0.4) is 0 Å². The third-order valence-electron chi connectivity index (χ3n) is 2.89. The molecule has 0 spiro atoms. The standard InChI is InChI=1S/C11H9BrCl2FNO3S/c12-7-2-8(13)11(9(15)3-7)16-4-6(1-10(16)17)5-20(14,18)19/h2-3,6H,1,4-5H2. The molecule has 0 N–H and O–H groups in total. The maximum atomic E-state index is 13.9. The first-order valence-electron chi connectivity index (χ1n) is 5.54. The fraction of sp³-hybridized carbons (Fsp3) is 0.364. The maximum Gasteiger partial charge on any atom is 0.232 e. The lowest BCUT2D eigenvalue weighted by Gasteiger charge is -2.19. The van der Waals surface area contributed by atoms with E-state index < -0.39 is 20.8 Å². The quantitative estimate of drug-likeness (QED) is 0.727. The first-order chi connectivity index (χ1) is 9.17. The van der Waals surface area contributed by atoms with E-state index in [1.807, 2.05) is 0 Å². The number of hydrogen-bond acceptors (Lipinski definition) is 3. The Kier molecular flexibility index (Phi) is 4.63. The van der Waals surface area contributed by atoms with E-state index in [-0.39, 0.29) is 35.3 Å². The Morgan fingerprint density at radius 2 is 2.10 bits per heavy atom. The molecule has 1 fully saturated rings. The lowest BCUT2D eigenvalue weighted by molar-refractivity contribution is -0.117. The molecule has 2 rings (SSSR count). The van der Waals surface area contributed by atoms with E-state index in [4.69, 9.17) is 22.3 Å². The number of anilines is 1. The summed E-state index contributed by atoms with van der Waals surface area (Å²) in [4.78, 5) is 13.1. The Morgan fingerprint density at radius 3 is 2.65 bits per heavy atom. The van der Waals surface area contributed by atoms with Crippen LogP contribution in [0.1, 0.15) is 6.42 Å². The second-order valence-electron chi connectivity index (χ2n) is 4.50. The molecule has 1 aliphatic heterocycles. The van der Waals surface area contributed by atoms with E-state index in [2.05, 4.69) is 15.9 Å². The van der Waals surface area contributed by atoms with Gasteiger partial charge in [0.2, 0.25) is 15.0 Å². The van der Waals surface area contributed by atoms with E-state index in [9.17, 15) is 17.6 Å². The van der Waals surface area contributed by atoms with Crippen molar-refractivity contribution in [3.8, 4) is 0 Å². The van der Waals surface area contributed by atoms with Gasteiger partial charge in [-0.2, -0.15) is 0 Å². The Morgan fingerprint density at radius 1 is 1.45 bits per heavy atom. The van der Waals surface area contributed by atoms with E-state index in [0.717, 1.165) is 4.90 Å². The molecular formula is C11H9BrCl2FNO3S. The Bertz CT molecular complexity index is 645. The minimum Gasteiger partial charge on any atom is -0.308 e. The third-order valence-corrected chi connectivity index (χ3v) is 4.88. The smallest absolute Gasteiger partial charge is 0.232 e. The van der Waals surface area contributed by atoms with Crippen molar-refractivity contribution in [2.24, 2.45) is 5.92 Å². The van der Waals surface area contributed by atoms with Gasteiger partial charge < -0.3 is 4.90 Å². The summed E-state index contributed by atoms with van der Waals surface area (Å²) in [5, 5.41) is 0.0830. The Labute approximate surface area is 133 Å². The number of carbonyl (C=O) groups is 1. The number of benzene rings is 1. The highest BCUT2D eigenvalue weighted by atomic mass is 79.9. The molecule has 9 heteroatoms. The number of carbonyl (C=O) groups excluding carboxylic acids is 1. The topological polar surface area (TPSA) is 54.5 Å². The number of hydrogen-bond donors (Lipinski definition) is 0. The lowest BCUT2D eigenvalue weighted by atomic mass is 10.1. The zero-order valence-corrected chi connectivity index (χ0v) is 13.9. The zero-order valence-electron chi connectivity index (χ0n) is 9.95. The molecule has 1 unspecified atom stereocenters. The van der Waals surface area contributed by atoms with E-state index in [1.165, 1.54) is 12.1 Å². The summed E-state index contributed by atoms with van der Waals surface area (Å²) in [6, 6.07) is 2.67. The van der Waals surface area contributed by atoms with Gasteiger partial charge in [0.15, 0.2) is 0 Å². The molecule has 0 aromatic heterocycles. The molecule has 20 heavy (non-hydrogen) atoms. The van der Waals surface area contributed by atoms with Gasteiger partial charge in [0.1, 0.15) is 5.82 Å². The van der Waals surface area contributed by atoms with Crippen LogP contribution in [0.4, 0.5) is 10.1 Å². The zero-order chi connectivity index (χ0) is 15.1. The van der Waals surface area contributed by atoms with Crippen molar-refractivity contribution in [3.05, 3.63) is 27.4 Å². The molecular weight excluding hydrogens is 396 g/mol. The minimum absolute atomic E-state index is 0.00220. The normalized spacial score (nSPS) is 19.7. The molecule has 1 saturated heterocycles. The summed E-state index contributed by atoms with van der Waals surface area (Å²) in [6.07, 6.45) is -0.00220. The average Bonchev–Trinajstić information content (AvgIpc) is 2.55. The van der Waals surface area contributed by atoms with Gasteiger partial charge >= 0.3 is 0 Å². The predicted molar refractivity (Wildman–Crippen MR) is 79.2 cm³/mol. The van der Waals surface area contributed by atoms with Crippen molar-refractivity contribution < 1.29 is 17.6 Å². The van der Waals surface area contributed by atoms with Crippen LogP contribution in [-0.2, 0) is 13.8 Å². The second kappa shape index (κ2) is 5.79. The van der Waals surface area contributed by atoms with Gasteiger partial charge in [-0.1, -0.05) is 27.5 Å². The van der Waals surface area contributed by atoms with E-state index in [0.29, 0.717) is 4.47 Å². The Hall–Kier alpha value is -0.370. The maximum absolute atomic E-state index is 13.9. The van der Waals surface area contributed by atoms with Crippen molar-refractivity contribution >= 4 is 58.9 Å². The third kappa shape index (κ3) is 3.63. The monoisotopic (exact) mass is 403 g/mol. The van der Waals surface area contributed by atoms with E-state index in [1.54, 1.807) is 0 Å². The second-order valence-corrected chi connectivity index (χ2v) is 8.64. The van der Waals surface area contributed by atoms with Crippen molar-refractivity contribution in [2.45, 2.75) is 6.42 Å². The van der Waals surface area contributed by atoms with Gasteiger partial charge in [0.25, 0.3) is 0 Å². The van der Waals surface area contributed by atoms with Gasteiger partial charge in [0, 0.05) is 34.0 Å². The van der Waals surface area contributed by atoms with Gasteiger partial charge in [-0.15, -0.1) is 0 Å². The average molecular weight is 405 g/mol. The summed E-state index contributed by atoms with van der Waals surface area (Å²) < 4.78 is 36.5. The van der Waals surface area contributed by atoms with Crippen LogP contribution in [-0.4, -0.2) is 26.6 Å².